The Hall–Kier alpha value is -1.06. The summed E-state index contributed by atoms with van der Waals surface area (Å²) in [7, 11) is 0. The third kappa shape index (κ3) is 2.93. The molecule has 0 bridgehead atoms. The van der Waals surface area contributed by atoms with Crippen LogP contribution in [0.15, 0.2) is 4.99 Å². The minimum atomic E-state index is -0.381. The van der Waals surface area contributed by atoms with Gasteiger partial charge in [-0.3, -0.25) is 15.1 Å². The highest BCUT2D eigenvalue weighted by molar-refractivity contribution is 6.09. The lowest BCUT2D eigenvalue weighted by molar-refractivity contribution is -0.125. The van der Waals surface area contributed by atoms with Gasteiger partial charge in [-0.2, -0.15) is 0 Å². The first-order valence-electron chi connectivity index (χ1n) is 7.51. The van der Waals surface area contributed by atoms with Gasteiger partial charge >= 0.3 is 0 Å². The van der Waals surface area contributed by atoms with Gasteiger partial charge in [-0.1, -0.05) is 27.7 Å². The number of nitrogens with zero attached hydrogens (tertiary/aromatic N) is 1. The summed E-state index contributed by atoms with van der Waals surface area (Å²) in [6.45, 7) is 9.75. The van der Waals surface area contributed by atoms with Gasteiger partial charge in [-0.25, -0.2) is 0 Å². The molecule has 108 valence electrons. The number of hydrogen-bond donors (Lipinski definition) is 2. The molecular formula is C15H27N3O. The highest BCUT2D eigenvalue weighted by Crippen LogP contribution is 2.42. The molecule has 0 unspecified atom stereocenters. The zero-order valence-corrected chi connectivity index (χ0v) is 12.7. The van der Waals surface area contributed by atoms with Crippen molar-refractivity contribution < 1.29 is 4.79 Å². The summed E-state index contributed by atoms with van der Waals surface area (Å²) < 4.78 is 0. The Morgan fingerprint density at radius 3 is 2.47 bits per heavy atom. The SMILES string of the molecule is CCCN=C1NC(=O)C2(CCC(C(C)(C)C)CC2)N1. The van der Waals surface area contributed by atoms with Crippen LogP contribution in [-0.2, 0) is 4.79 Å². The molecular weight excluding hydrogens is 238 g/mol. The largest absolute Gasteiger partial charge is 0.342 e. The minimum absolute atomic E-state index is 0.120. The number of carbonyl (C=O) groups excluding carboxylic acids is 1. The van der Waals surface area contributed by atoms with Gasteiger partial charge in [-0.05, 0) is 43.4 Å². The first kappa shape index (κ1) is 14.4. The molecule has 2 N–H and O–H groups in total. The number of aliphatic imine (C=N–C) groups is 1. The van der Waals surface area contributed by atoms with Crippen LogP contribution in [0.25, 0.3) is 0 Å². The summed E-state index contributed by atoms with van der Waals surface area (Å²) in [6, 6.07) is 0. The normalized spacial score (nSPS) is 33.6. The van der Waals surface area contributed by atoms with Gasteiger partial charge in [0.05, 0.1) is 0 Å². The highest BCUT2D eigenvalue weighted by atomic mass is 16.2. The van der Waals surface area contributed by atoms with E-state index in [1.54, 1.807) is 0 Å². The van der Waals surface area contributed by atoms with E-state index in [0.717, 1.165) is 38.6 Å². The van der Waals surface area contributed by atoms with Crippen LogP contribution in [0.2, 0.25) is 0 Å². The van der Waals surface area contributed by atoms with Crippen LogP contribution in [0.5, 0.6) is 0 Å². The van der Waals surface area contributed by atoms with E-state index in [4.69, 9.17) is 0 Å². The van der Waals surface area contributed by atoms with Gasteiger partial charge in [0.25, 0.3) is 5.91 Å². The molecule has 0 aromatic heterocycles. The van der Waals surface area contributed by atoms with Crippen molar-refractivity contribution in [3.05, 3.63) is 0 Å². The van der Waals surface area contributed by atoms with Crippen molar-refractivity contribution in [2.45, 2.75) is 65.3 Å². The second-order valence-electron chi connectivity index (χ2n) is 7.03. The second-order valence-corrected chi connectivity index (χ2v) is 7.03. The van der Waals surface area contributed by atoms with E-state index >= 15 is 0 Å². The number of guanidine groups is 1. The van der Waals surface area contributed by atoms with E-state index in [9.17, 15) is 4.79 Å². The summed E-state index contributed by atoms with van der Waals surface area (Å²) in [6.07, 6.45) is 5.08. The van der Waals surface area contributed by atoms with Crippen molar-refractivity contribution in [3.8, 4) is 0 Å². The molecule has 1 saturated carbocycles. The lowest BCUT2D eigenvalue weighted by Gasteiger charge is -2.40. The second kappa shape index (κ2) is 5.14. The number of nitrogens with one attached hydrogen (secondary N) is 2. The van der Waals surface area contributed by atoms with E-state index < -0.39 is 0 Å². The van der Waals surface area contributed by atoms with Crippen molar-refractivity contribution >= 4 is 11.9 Å². The Morgan fingerprint density at radius 2 is 1.95 bits per heavy atom. The molecule has 2 fully saturated rings. The van der Waals surface area contributed by atoms with Crippen molar-refractivity contribution in [3.63, 3.8) is 0 Å². The Balaban J connectivity index is 2.01. The Morgan fingerprint density at radius 1 is 1.32 bits per heavy atom. The van der Waals surface area contributed by atoms with Crippen LogP contribution < -0.4 is 10.6 Å². The third-order valence-corrected chi connectivity index (χ3v) is 4.58. The summed E-state index contributed by atoms with van der Waals surface area (Å²) in [5, 5.41) is 6.25. The number of amides is 1. The summed E-state index contributed by atoms with van der Waals surface area (Å²) in [5.74, 6) is 1.51. The summed E-state index contributed by atoms with van der Waals surface area (Å²) >= 11 is 0. The lowest BCUT2D eigenvalue weighted by Crippen LogP contribution is -2.50. The molecule has 4 heteroatoms. The fraction of sp³-hybridized carbons (Fsp3) is 0.867. The predicted octanol–water partition coefficient (Wildman–Crippen LogP) is 2.45. The quantitative estimate of drug-likeness (QED) is 0.806. The maximum Gasteiger partial charge on any atom is 0.252 e. The van der Waals surface area contributed by atoms with Gasteiger partial charge in [0.1, 0.15) is 5.54 Å². The molecule has 1 saturated heterocycles. The predicted molar refractivity (Wildman–Crippen MR) is 78.0 cm³/mol. The van der Waals surface area contributed by atoms with Gasteiger partial charge in [0.2, 0.25) is 0 Å². The number of carbonyl (C=O) groups is 1. The maximum atomic E-state index is 12.2. The van der Waals surface area contributed by atoms with Crippen LogP contribution in [0.3, 0.4) is 0 Å². The van der Waals surface area contributed by atoms with Crippen LogP contribution in [0, 0.1) is 11.3 Å². The van der Waals surface area contributed by atoms with Gasteiger partial charge < -0.3 is 5.32 Å². The molecule has 1 aliphatic carbocycles. The van der Waals surface area contributed by atoms with E-state index in [0.29, 0.717) is 17.3 Å². The molecule has 1 heterocycles. The summed E-state index contributed by atoms with van der Waals surface area (Å²) in [5.41, 5.74) is -0.0376. The lowest BCUT2D eigenvalue weighted by atomic mass is 9.67. The molecule has 1 amide bonds. The Labute approximate surface area is 116 Å². The van der Waals surface area contributed by atoms with Crippen molar-refractivity contribution in [2.24, 2.45) is 16.3 Å². The first-order chi connectivity index (χ1) is 8.87. The average molecular weight is 265 g/mol. The number of rotatable bonds is 2. The molecule has 4 nitrogen and oxygen atoms in total. The Kier molecular flexibility index (Phi) is 3.88. The molecule has 2 rings (SSSR count). The van der Waals surface area contributed by atoms with Crippen LogP contribution in [0.4, 0.5) is 0 Å². The first-order valence-corrected chi connectivity index (χ1v) is 7.51. The molecule has 2 aliphatic rings. The maximum absolute atomic E-state index is 12.2. The van der Waals surface area contributed by atoms with Gasteiger partial charge in [-0.15, -0.1) is 0 Å². The molecule has 0 aromatic carbocycles. The number of hydrogen-bond acceptors (Lipinski definition) is 2. The zero-order valence-electron chi connectivity index (χ0n) is 12.7. The topological polar surface area (TPSA) is 53.5 Å². The average Bonchev–Trinajstić information content (AvgIpc) is 2.63. The van der Waals surface area contributed by atoms with E-state index in [-0.39, 0.29) is 11.4 Å². The minimum Gasteiger partial charge on any atom is -0.342 e. The van der Waals surface area contributed by atoms with Gasteiger partial charge in [0, 0.05) is 6.54 Å². The molecule has 0 atom stereocenters. The van der Waals surface area contributed by atoms with Crippen molar-refractivity contribution in [1.29, 1.82) is 0 Å². The van der Waals surface area contributed by atoms with E-state index in [1.807, 2.05) is 0 Å². The van der Waals surface area contributed by atoms with Crippen LogP contribution in [0.1, 0.15) is 59.8 Å². The third-order valence-electron chi connectivity index (χ3n) is 4.58. The zero-order chi connectivity index (χ0) is 14.1. The smallest absolute Gasteiger partial charge is 0.252 e. The van der Waals surface area contributed by atoms with Crippen molar-refractivity contribution in [2.75, 3.05) is 6.54 Å². The summed E-state index contributed by atoms with van der Waals surface area (Å²) in [4.78, 5) is 16.6. The molecule has 0 radical (unpaired) electrons. The monoisotopic (exact) mass is 265 g/mol. The highest BCUT2D eigenvalue weighted by Gasteiger charge is 2.48. The molecule has 1 spiro atoms. The van der Waals surface area contributed by atoms with E-state index in [2.05, 4.69) is 43.3 Å². The van der Waals surface area contributed by atoms with Crippen LogP contribution >= 0.6 is 0 Å². The van der Waals surface area contributed by atoms with E-state index in [1.165, 1.54) is 0 Å². The Bertz CT molecular complexity index is 373. The fourth-order valence-electron chi connectivity index (χ4n) is 3.17. The fourth-order valence-corrected chi connectivity index (χ4v) is 3.17. The standard InChI is InChI=1S/C15H27N3O/c1-5-10-16-13-17-12(19)15(18-13)8-6-11(7-9-15)14(2,3)4/h11H,5-10H2,1-4H3,(H2,16,17,18,19). The molecule has 0 aromatic rings. The van der Waals surface area contributed by atoms with Crippen LogP contribution in [-0.4, -0.2) is 24.0 Å². The van der Waals surface area contributed by atoms with Crippen molar-refractivity contribution in [1.82, 2.24) is 10.6 Å². The molecule has 1 aliphatic heterocycles. The van der Waals surface area contributed by atoms with Gasteiger partial charge in [0.15, 0.2) is 5.96 Å². The molecule has 19 heavy (non-hydrogen) atoms.